The van der Waals surface area contributed by atoms with Gasteiger partial charge in [0.15, 0.2) is 0 Å². The predicted molar refractivity (Wildman–Crippen MR) is 111 cm³/mol. The van der Waals surface area contributed by atoms with Crippen molar-refractivity contribution in [3.05, 3.63) is 28.8 Å². The van der Waals surface area contributed by atoms with Crippen LogP contribution in [0.2, 0.25) is 0 Å². The summed E-state index contributed by atoms with van der Waals surface area (Å²) in [6.45, 7) is 14.5. The van der Waals surface area contributed by atoms with E-state index >= 15 is 0 Å². The first-order valence-corrected chi connectivity index (χ1v) is 9.79. The van der Waals surface area contributed by atoms with Gasteiger partial charge in [0.25, 0.3) is 0 Å². The van der Waals surface area contributed by atoms with Crippen molar-refractivity contribution in [2.24, 2.45) is 0 Å². The highest BCUT2D eigenvalue weighted by molar-refractivity contribution is 5.90. The Kier molecular flexibility index (Phi) is 13.2. The summed E-state index contributed by atoms with van der Waals surface area (Å²) in [7, 11) is 0. The second kappa shape index (κ2) is 13.9. The van der Waals surface area contributed by atoms with Crippen molar-refractivity contribution in [2.45, 2.75) is 60.3 Å². The van der Waals surface area contributed by atoms with Gasteiger partial charge in [0.05, 0.1) is 12.2 Å². The van der Waals surface area contributed by atoms with Gasteiger partial charge in [0.2, 0.25) is 0 Å². The number of likely N-dealkylation sites (N-methyl/N-ethyl adjacent to an activating group) is 1. The van der Waals surface area contributed by atoms with E-state index in [9.17, 15) is 4.79 Å². The van der Waals surface area contributed by atoms with Crippen molar-refractivity contribution < 1.29 is 14.3 Å². The van der Waals surface area contributed by atoms with Gasteiger partial charge in [-0.3, -0.25) is 0 Å². The maximum absolute atomic E-state index is 12.2. The van der Waals surface area contributed by atoms with Crippen LogP contribution in [0.25, 0.3) is 0 Å². The molecular weight excluding hydrogens is 350 g/mol. The molecule has 5 heteroatoms. The number of carbonyl (C=O) groups is 1. The lowest BCUT2D eigenvalue weighted by molar-refractivity contribution is 0.0526. The third-order valence-electron chi connectivity index (χ3n) is 4.34. The monoisotopic (exact) mass is 385 g/mol. The van der Waals surface area contributed by atoms with Crippen LogP contribution in [0.15, 0.2) is 12.1 Å². The number of nitrogens with zero attached hydrogens (tertiary/aromatic N) is 1. The zero-order chi connectivity index (χ0) is 18.7. The van der Waals surface area contributed by atoms with Crippen LogP contribution < -0.4 is 4.74 Å². The minimum atomic E-state index is -0.244. The molecular formula is C21H36ClNO3. The van der Waals surface area contributed by atoms with Gasteiger partial charge in [-0.15, -0.1) is 12.4 Å². The normalized spacial score (nSPS) is 10.5. The number of hydrogen-bond acceptors (Lipinski definition) is 4. The molecule has 0 saturated heterocycles. The number of carbonyl (C=O) groups excluding carboxylic acids is 1. The van der Waals surface area contributed by atoms with E-state index in [1.54, 1.807) is 0 Å². The molecule has 1 aromatic rings. The molecule has 0 bridgehead atoms. The summed E-state index contributed by atoms with van der Waals surface area (Å²) in [6.07, 6.45) is 3.85. The van der Waals surface area contributed by atoms with Crippen molar-refractivity contribution in [1.29, 1.82) is 0 Å². The fourth-order valence-corrected chi connectivity index (χ4v) is 3.00. The zero-order valence-corrected chi connectivity index (χ0v) is 17.9. The summed E-state index contributed by atoms with van der Waals surface area (Å²) in [6, 6.07) is 3.90. The van der Waals surface area contributed by atoms with E-state index in [0.29, 0.717) is 18.8 Å². The summed E-state index contributed by atoms with van der Waals surface area (Å²) >= 11 is 0. The number of hydrogen-bond donors (Lipinski definition) is 0. The summed E-state index contributed by atoms with van der Waals surface area (Å²) < 4.78 is 11.4. The second-order valence-corrected chi connectivity index (χ2v) is 6.22. The lowest BCUT2D eigenvalue weighted by Crippen LogP contribution is -2.28. The summed E-state index contributed by atoms with van der Waals surface area (Å²) in [5.41, 5.74) is 2.89. The second-order valence-electron chi connectivity index (χ2n) is 6.22. The van der Waals surface area contributed by atoms with E-state index < -0.39 is 0 Å². The Morgan fingerprint density at radius 1 is 0.962 bits per heavy atom. The number of benzene rings is 1. The first kappa shape index (κ1) is 24.7. The summed E-state index contributed by atoms with van der Waals surface area (Å²) in [5, 5.41) is 0. The molecule has 0 fully saturated rings. The van der Waals surface area contributed by atoms with Crippen LogP contribution in [0, 0.1) is 0 Å². The van der Waals surface area contributed by atoms with Gasteiger partial charge in [-0.1, -0.05) is 40.5 Å². The molecule has 0 aliphatic heterocycles. The van der Waals surface area contributed by atoms with Crippen molar-refractivity contribution in [2.75, 3.05) is 32.8 Å². The van der Waals surface area contributed by atoms with Gasteiger partial charge < -0.3 is 14.4 Å². The summed E-state index contributed by atoms with van der Waals surface area (Å²) in [5.74, 6) is 0.732. The van der Waals surface area contributed by atoms with Crippen LogP contribution in [-0.2, 0) is 17.6 Å². The molecule has 0 N–H and O–H groups in total. The van der Waals surface area contributed by atoms with Gasteiger partial charge in [-0.2, -0.15) is 0 Å². The molecule has 26 heavy (non-hydrogen) atoms. The van der Waals surface area contributed by atoms with Gasteiger partial charge in [-0.05, 0) is 56.1 Å². The zero-order valence-electron chi connectivity index (χ0n) is 17.1. The molecule has 0 spiro atoms. The van der Waals surface area contributed by atoms with E-state index in [-0.39, 0.29) is 18.4 Å². The quantitative estimate of drug-likeness (QED) is 0.479. The number of ether oxygens (including phenoxy) is 2. The smallest absolute Gasteiger partial charge is 0.338 e. The largest absolute Gasteiger partial charge is 0.492 e. The molecule has 4 nitrogen and oxygen atoms in total. The third-order valence-corrected chi connectivity index (χ3v) is 4.34. The SMILES string of the molecule is CCCc1cc(C(=O)OCC)cc(CCC)c1OCCN(CC)CC.Cl. The van der Waals surface area contributed by atoms with Gasteiger partial charge in [-0.25, -0.2) is 4.79 Å². The molecule has 0 radical (unpaired) electrons. The van der Waals surface area contributed by atoms with Crippen molar-refractivity contribution >= 4 is 18.4 Å². The van der Waals surface area contributed by atoms with E-state index in [0.717, 1.165) is 62.2 Å². The predicted octanol–water partition coefficient (Wildman–Crippen LogP) is 4.91. The Morgan fingerprint density at radius 2 is 1.50 bits per heavy atom. The van der Waals surface area contributed by atoms with Crippen molar-refractivity contribution in [1.82, 2.24) is 4.90 Å². The molecule has 150 valence electrons. The van der Waals surface area contributed by atoms with Gasteiger partial charge in [0.1, 0.15) is 12.4 Å². The van der Waals surface area contributed by atoms with Crippen LogP contribution in [0.4, 0.5) is 0 Å². The standard InChI is InChI=1S/C21H35NO3.ClH/c1-6-11-17-15-19(21(23)24-10-5)16-18(12-7-2)20(17)25-14-13-22(8-3)9-4;/h15-16H,6-14H2,1-5H3;1H. The molecule has 0 atom stereocenters. The Morgan fingerprint density at radius 3 is 1.92 bits per heavy atom. The highest BCUT2D eigenvalue weighted by atomic mass is 35.5. The lowest BCUT2D eigenvalue weighted by Gasteiger charge is -2.21. The fraction of sp³-hybridized carbons (Fsp3) is 0.667. The highest BCUT2D eigenvalue weighted by Gasteiger charge is 2.16. The van der Waals surface area contributed by atoms with Crippen molar-refractivity contribution in [3.8, 4) is 5.75 Å². The first-order chi connectivity index (χ1) is 12.1. The molecule has 1 aromatic carbocycles. The van der Waals surface area contributed by atoms with Gasteiger partial charge >= 0.3 is 5.97 Å². The Balaban J connectivity index is 0.00000625. The fourth-order valence-electron chi connectivity index (χ4n) is 3.00. The number of rotatable bonds is 12. The number of aryl methyl sites for hydroxylation is 2. The maximum atomic E-state index is 12.2. The van der Waals surface area contributed by atoms with Gasteiger partial charge in [0, 0.05) is 6.54 Å². The van der Waals surface area contributed by atoms with E-state index in [1.165, 1.54) is 0 Å². The molecule has 0 heterocycles. The van der Waals surface area contributed by atoms with Crippen molar-refractivity contribution in [3.63, 3.8) is 0 Å². The Hall–Kier alpha value is -1.26. The molecule has 0 unspecified atom stereocenters. The number of esters is 1. The summed E-state index contributed by atoms with van der Waals surface area (Å²) in [4.78, 5) is 14.5. The average Bonchev–Trinajstić information content (AvgIpc) is 2.61. The minimum Gasteiger partial charge on any atom is -0.492 e. The van der Waals surface area contributed by atoms with E-state index in [4.69, 9.17) is 9.47 Å². The Labute approximate surface area is 165 Å². The van der Waals surface area contributed by atoms with E-state index in [2.05, 4.69) is 32.6 Å². The molecule has 0 aliphatic carbocycles. The third kappa shape index (κ3) is 7.55. The molecule has 0 aliphatic rings. The van der Waals surface area contributed by atoms with Crippen LogP contribution in [0.5, 0.6) is 5.75 Å². The minimum absolute atomic E-state index is 0. The van der Waals surface area contributed by atoms with Crippen LogP contribution in [0.1, 0.15) is 68.9 Å². The molecule has 0 saturated carbocycles. The average molecular weight is 386 g/mol. The maximum Gasteiger partial charge on any atom is 0.338 e. The van der Waals surface area contributed by atoms with E-state index in [1.807, 2.05) is 19.1 Å². The topological polar surface area (TPSA) is 38.8 Å². The Bertz CT molecular complexity index is 503. The molecule has 0 aromatic heterocycles. The molecule has 0 amide bonds. The highest BCUT2D eigenvalue weighted by Crippen LogP contribution is 2.29. The first-order valence-electron chi connectivity index (χ1n) is 9.79. The lowest BCUT2D eigenvalue weighted by atomic mass is 9.98. The van der Waals surface area contributed by atoms with Crippen LogP contribution in [-0.4, -0.2) is 43.7 Å². The number of halogens is 1. The van der Waals surface area contributed by atoms with Crippen LogP contribution in [0.3, 0.4) is 0 Å². The van der Waals surface area contributed by atoms with Crippen LogP contribution >= 0.6 is 12.4 Å². The molecule has 1 rings (SSSR count).